The summed E-state index contributed by atoms with van der Waals surface area (Å²) in [6, 6.07) is 4.31. The molecule has 0 aliphatic carbocycles. The number of halogens is 2. The largest absolute Gasteiger partial charge is 0.481 e. The van der Waals surface area contributed by atoms with E-state index in [2.05, 4.69) is 4.90 Å². The van der Waals surface area contributed by atoms with Crippen LogP contribution in [0.2, 0.25) is 5.02 Å². The molecular weight excluding hydrogens is 281 g/mol. The lowest BCUT2D eigenvalue weighted by Crippen LogP contribution is -2.31. The monoisotopic (exact) mass is 299 g/mol. The summed E-state index contributed by atoms with van der Waals surface area (Å²) in [4.78, 5) is 13.3. The van der Waals surface area contributed by atoms with Crippen molar-refractivity contribution in [2.75, 3.05) is 13.1 Å². The lowest BCUT2D eigenvalue weighted by Gasteiger charge is -2.30. The maximum atomic E-state index is 13.6. The maximum Gasteiger partial charge on any atom is 0.305 e. The molecule has 0 radical (unpaired) electrons. The molecule has 1 aliphatic heterocycles. The number of hydrogen-bond donors (Lipinski definition) is 1. The number of carboxylic acid groups (broad SMARTS) is 1. The van der Waals surface area contributed by atoms with E-state index in [-0.39, 0.29) is 17.5 Å². The Hall–Kier alpha value is -1.13. The first kappa shape index (κ1) is 15.3. The molecule has 2 rings (SSSR count). The molecular formula is C15H19ClFNO2. The van der Waals surface area contributed by atoms with Crippen LogP contribution in [0, 0.1) is 5.82 Å². The van der Waals surface area contributed by atoms with Crippen LogP contribution in [0.25, 0.3) is 0 Å². The molecule has 0 amide bonds. The topological polar surface area (TPSA) is 40.5 Å². The predicted octanol–water partition coefficient (Wildman–Crippen LogP) is 3.87. The molecule has 3 nitrogen and oxygen atoms in total. The van der Waals surface area contributed by atoms with Gasteiger partial charge in [0.1, 0.15) is 5.82 Å². The minimum Gasteiger partial charge on any atom is -0.481 e. The molecule has 1 atom stereocenters. The number of carbonyl (C=O) groups is 1. The first-order valence-corrected chi connectivity index (χ1v) is 7.36. The molecule has 1 unspecified atom stereocenters. The molecule has 1 fully saturated rings. The zero-order valence-electron chi connectivity index (χ0n) is 11.3. The van der Waals surface area contributed by atoms with Gasteiger partial charge in [-0.05, 0) is 43.6 Å². The fraction of sp³-hybridized carbons (Fsp3) is 0.533. The van der Waals surface area contributed by atoms with Crippen LogP contribution in [-0.4, -0.2) is 29.1 Å². The standard InChI is InChI=1S/C15H19ClFNO2/c16-12-6-5-11(9-13(12)17)14(10-15(19)20)18-7-3-1-2-4-8-18/h5-6,9,14H,1-4,7-8,10H2,(H,19,20). The maximum absolute atomic E-state index is 13.6. The smallest absolute Gasteiger partial charge is 0.305 e. The molecule has 0 spiro atoms. The Labute approximate surface area is 123 Å². The van der Waals surface area contributed by atoms with Crippen LogP contribution in [0.15, 0.2) is 18.2 Å². The summed E-state index contributed by atoms with van der Waals surface area (Å²) in [5, 5.41) is 9.19. The van der Waals surface area contributed by atoms with Gasteiger partial charge in [0.25, 0.3) is 0 Å². The zero-order chi connectivity index (χ0) is 14.5. The summed E-state index contributed by atoms with van der Waals surface area (Å²) >= 11 is 5.70. The van der Waals surface area contributed by atoms with Gasteiger partial charge in [-0.25, -0.2) is 4.39 Å². The summed E-state index contributed by atoms with van der Waals surface area (Å²) in [5.41, 5.74) is 0.691. The van der Waals surface area contributed by atoms with Gasteiger partial charge in [-0.15, -0.1) is 0 Å². The number of benzene rings is 1. The van der Waals surface area contributed by atoms with E-state index in [0.29, 0.717) is 5.56 Å². The third kappa shape index (κ3) is 3.93. The van der Waals surface area contributed by atoms with Crippen molar-refractivity contribution in [2.24, 2.45) is 0 Å². The minimum atomic E-state index is -0.866. The van der Waals surface area contributed by atoms with Gasteiger partial charge >= 0.3 is 5.97 Å². The van der Waals surface area contributed by atoms with Crippen molar-refractivity contribution >= 4 is 17.6 Å². The summed E-state index contributed by atoms with van der Waals surface area (Å²) in [6.45, 7) is 1.73. The van der Waals surface area contributed by atoms with Crippen molar-refractivity contribution in [3.05, 3.63) is 34.6 Å². The zero-order valence-corrected chi connectivity index (χ0v) is 12.1. The average Bonchev–Trinajstić information content (AvgIpc) is 2.68. The van der Waals surface area contributed by atoms with E-state index < -0.39 is 11.8 Å². The molecule has 1 N–H and O–H groups in total. The Morgan fingerprint density at radius 2 is 1.95 bits per heavy atom. The lowest BCUT2D eigenvalue weighted by molar-refractivity contribution is -0.138. The van der Waals surface area contributed by atoms with Gasteiger partial charge in [0, 0.05) is 6.04 Å². The molecule has 20 heavy (non-hydrogen) atoms. The van der Waals surface area contributed by atoms with Crippen LogP contribution in [0.5, 0.6) is 0 Å². The predicted molar refractivity (Wildman–Crippen MR) is 76.4 cm³/mol. The van der Waals surface area contributed by atoms with E-state index in [1.54, 1.807) is 6.07 Å². The van der Waals surface area contributed by atoms with Crippen LogP contribution in [-0.2, 0) is 4.79 Å². The normalized spacial score (nSPS) is 18.5. The molecule has 1 saturated heterocycles. The summed E-state index contributed by atoms with van der Waals surface area (Å²) in [7, 11) is 0. The molecule has 1 aromatic rings. The van der Waals surface area contributed by atoms with Crippen molar-refractivity contribution in [2.45, 2.75) is 38.1 Å². The fourth-order valence-corrected chi connectivity index (χ4v) is 2.87. The van der Waals surface area contributed by atoms with Crippen LogP contribution < -0.4 is 0 Å². The molecule has 0 saturated carbocycles. The van der Waals surface area contributed by atoms with Crippen molar-refractivity contribution < 1.29 is 14.3 Å². The summed E-state index contributed by atoms with van der Waals surface area (Å²) in [5.74, 6) is -1.36. The molecule has 1 heterocycles. The van der Waals surface area contributed by atoms with Crippen LogP contribution in [0.4, 0.5) is 4.39 Å². The van der Waals surface area contributed by atoms with Crippen molar-refractivity contribution in [3.63, 3.8) is 0 Å². The molecule has 110 valence electrons. The van der Waals surface area contributed by atoms with Gasteiger partial charge in [0.15, 0.2) is 0 Å². The number of carboxylic acids is 1. The second-order valence-corrected chi connectivity index (χ2v) is 5.64. The molecule has 5 heteroatoms. The molecule has 1 aromatic carbocycles. The second kappa shape index (κ2) is 7.04. The number of nitrogens with zero attached hydrogens (tertiary/aromatic N) is 1. The number of aliphatic carboxylic acids is 1. The fourth-order valence-electron chi connectivity index (χ4n) is 2.75. The van der Waals surface area contributed by atoms with Crippen LogP contribution in [0.1, 0.15) is 43.7 Å². The van der Waals surface area contributed by atoms with Gasteiger partial charge in [-0.1, -0.05) is 30.5 Å². The number of hydrogen-bond acceptors (Lipinski definition) is 2. The van der Waals surface area contributed by atoms with Gasteiger partial charge in [-0.3, -0.25) is 9.69 Å². The second-order valence-electron chi connectivity index (χ2n) is 5.24. The molecule has 0 aromatic heterocycles. The van der Waals surface area contributed by atoms with Crippen LogP contribution >= 0.6 is 11.6 Å². The first-order chi connectivity index (χ1) is 9.58. The SMILES string of the molecule is O=C(O)CC(c1ccc(Cl)c(F)c1)N1CCCCCC1. The Balaban J connectivity index is 2.25. The third-order valence-corrected chi connectivity index (χ3v) is 4.08. The van der Waals surface area contributed by atoms with Crippen molar-refractivity contribution in [1.29, 1.82) is 0 Å². The molecule has 0 bridgehead atoms. The Bertz CT molecular complexity index is 473. The average molecular weight is 300 g/mol. The van der Waals surface area contributed by atoms with E-state index >= 15 is 0 Å². The Morgan fingerprint density at radius 1 is 1.30 bits per heavy atom. The van der Waals surface area contributed by atoms with Crippen molar-refractivity contribution in [1.82, 2.24) is 4.90 Å². The van der Waals surface area contributed by atoms with Crippen molar-refractivity contribution in [3.8, 4) is 0 Å². The Morgan fingerprint density at radius 3 is 2.50 bits per heavy atom. The first-order valence-electron chi connectivity index (χ1n) is 6.98. The minimum absolute atomic E-state index is 0.0128. The lowest BCUT2D eigenvalue weighted by atomic mass is 10.0. The number of rotatable bonds is 4. The Kier molecular flexibility index (Phi) is 5.38. The highest BCUT2D eigenvalue weighted by molar-refractivity contribution is 6.30. The highest BCUT2D eigenvalue weighted by Crippen LogP contribution is 2.29. The van der Waals surface area contributed by atoms with Gasteiger partial charge in [0.2, 0.25) is 0 Å². The van der Waals surface area contributed by atoms with E-state index in [9.17, 15) is 9.18 Å². The van der Waals surface area contributed by atoms with E-state index in [4.69, 9.17) is 16.7 Å². The number of likely N-dealkylation sites (tertiary alicyclic amines) is 1. The highest BCUT2D eigenvalue weighted by atomic mass is 35.5. The van der Waals surface area contributed by atoms with Crippen LogP contribution in [0.3, 0.4) is 0 Å². The quantitative estimate of drug-likeness (QED) is 0.917. The van der Waals surface area contributed by atoms with Gasteiger partial charge in [-0.2, -0.15) is 0 Å². The van der Waals surface area contributed by atoms with E-state index in [0.717, 1.165) is 25.9 Å². The van der Waals surface area contributed by atoms with Gasteiger partial charge in [0.05, 0.1) is 11.4 Å². The third-order valence-electron chi connectivity index (χ3n) is 3.78. The highest BCUT2D eigenvalue weighted by Gasteiger charge is 2.24. The van der Waals surface area contributed by atoms with Gasteiger partial charge < -0.3 is 5.11 Å². The summed E-state index contributed by atoms with van der Waals surface area (Å²) < 4.78 is 13.6. The van der Waals surface area contributed by atoms with E-state index in [1.165, 1.54) is 25.0 Å². The molecule has 1 aliphatic rings. The summed E-state index contributed by atoms with van der Waals surface area (Å²) in [6.07, 6.45) is 4.45. The van der Waals surface area contributed by atoms with E-state index in [1.807, 2.05) is 0 Å².